The lowest BCUT2D eigenvalue weighted by atomic mass is 9.97. The van der Waals surface area contributed by atoms with E-state index in [1.54, 1.807) is 23.5 Å². The van der Waals surface area contributed by atoms with Gasteiger partial charge < -0.3 is 10.6 Å². The van der Waals surface area contributed by atoms with Crippen LogP contribution in [-0.2, 0) is 4.79 Å². The minimum atomic E-state index is -0.560. The molecule has 0 aliphatic carbocycles. The fraction of sp³-hybridized carbons (Fsp3) is 0.429. The zero-order chi connectivity index (χ0) is 19.3. The number of amides is 2. The second-order valence-corrected chi connectivity index (χ2v) is 8.26. The molecule has 2 aromatic rings. The topological polar surface area (TPSA) is 58.2 Å². The van der Waals surface area contributed by atoms with E-state index in [4.69, 9.17) is 0 Å². The number of carbonyl (C=O) groups is 2. The van der Waals surface area contributed by atoms with Gasteiger partial charge in [-0.05, 0) is 50.5 Å². The molecule has 0 saturated carbocycles. The number of hydrogen-bond acceptors (Lipinski definition) is 3. The highest BCUT2D eigenvalue weighted by molar-refractivity contribution is 7.12. The van der Waals surface area contributed by atoms with Crippen LogP contribution in [0.1, 0.15) is 58.9 Å². The van der Waals surface area contributed by atoms with Gasteiger partial charge in [0.05, 0.1) is 6.04 Å². The molecule has 3 atom stereocenters. The van der Waals surface area contributed by atoms with Crippen molar-refractivity contribution >= 4 is 23.2 Å². The van der Waals surface area contributed by atoms with Crippen LogP contribution in [0.5, 0.6) is 0 Å². The van der Waals surface area contributed by atoms with Crippen molar-refractivity contribution in [3.8, 4) is 0 Å². The average Bonchev–Trinajstić information content (AvgIpc) is 2.97. The fourth-order valence-corrected chi connectivity index (χ4v) is 4.00. The molecule has 4 nitrogen and oxygen atoms in total. The summed E-state index contributed by atoms with van der Waals surface area (Å²) in [5.41, 5.74) is 1.70. The first-order chi connectivity index (χ1) is 12.3. The molecular formula is C21H28N2O2S. The van der Waals surface area contributed by atoms with Crippen LogP contribution in [0, 0.1) is 19.8 Å². The minimum Gasteiger partial charge on any atom is -0.348 e. The van der Waals surface area contributed by atoms with Crippen LogP contribution in [0.2, 0.25) is 0 Å². The molecule has 2 N–H and O–H groups in total. The van der Waals surface area contributed by atoms with Gasteiger partial charge in [0.25, 0.3) is 5.91 Å². The lowest BCUT2D eigenvalue weighted by Crippen LogP contribution is -2.50. The number of nitrogens with one attached hydrogen (secondary N) is 2. The Bertz CT molecular complexity index is 755. The van der Waals surface area contributed by atoms with Crippen molar-refractivity contribution in [2.24, 2.45) is 5.92 Å². The summed E-state index contributed by atoms with van der Waals surface area (Å²) in [7, 11) is 0. The second-order valence-electron chi connectivity index (χ2n) is 6.80. The van der Waals surface area contributed by atoms with Gasteiger partial charge in [-0.3, -0.25) is 9.59 Å². The molecule has 0 saturated heterocycles. The highest BCUT2D eigenvalue weighted by Crippen LogP contribution is 2.26. The molecule has 1 aromatic carbocycles. The number of benzene rings is 1. The van der Waals surface area contributed by atoms with Crippen molar-refractivity contribution in [2.45, 2.75) is 53.1 Å². The van der Waals surface area contributed by atoms with E-state index >= 15 is 0 Å². The Labute approximate surface area is 160 Å². The van der Waals surface area contributed by atoms with E-state index in [9.17, 15) is 9.59 Å². The van der Waals surface area contributed by atoms with Crippen LogP contribution in [0.4, 0.5) is 0 Å². The molecule has 2 amide bonds. The summed E-state index contributed by atoms with van der Waals surface area (Å²) in [6.45, 7) is 10.1. The first-order valence-corrected chi connectivity index (χ1v) is 9.88. The molecular weight excluding hydrogens is 344 g/mol. The number of aryl methyl sites for hydroxylation is 2. The summed E-state index contributed by atoms with van der Waals surface area (Å²) in [4.78, 5) is 27.8. The highest BCUT2D eigenvalue weighted by atomic mass is 32.1. The molecule has 26 heavy (non-hydrogen) atoms. The van der Waals surface area contributed by atoms with Gasteiger partial charge in [0, 0.05) is 15.3 Å². The third-order valence-corrected chi connectivity index (χ3v) is 5.70. The summed E-state index contributed by atoms with van der Waals surface area (Å²) in [5, 5.41) is 5.99. The number of rotatable bonds is 7. The maximum Gasteiger partial charge on any atom is 0.251 e. The summed E-state index contributed by atoms with van der Waals surface area (Å²) >= 11 is 1.73. The first-order valence-electron chi connectivity index (χ1n) is 9.06. The fourth-order valence-electron chi connectivity index (χ4n) is 2.98. The summed E-state index contributed by atoms with van der Waals surface area (Å²) in [6.07, 6.45) is 0.804. The van der Waals surface area contributed by atoms with Crippen LogP contribution >= 0.6 is 11.3 Å². The van der Waals surface area contributed by atoms with E-state index in [1.165, 1.54) is 9.75 Å². The number of carbonyl (C=O) groups excluding carboxylic acids is 2. The van der Waals surface area contributed by atoms with E-state index in [0.717, 1.165) is 12.0 Å². The summed E-state index contributed by atoms with van der Waals surface area (Å²) < 4.78 is 0. The standard InChI is InChI=1S/C21H28N2O2S/c1-6-13(2)19(23-20(24)17-10-8-7-9-11-17)21(25)22-15(4)18-12-14(3)26-16(18)5/h7-13,15,19H,6H2,1-5H3,(H,22,25)(H,23,24)/t13-,15+,19+/m0/s1. The Morgan fingerprint density at radius 1 is 1.08 bits per heavy atom. The lowest BCUT2D eigenvalue weighted by molar-refractivity contribution is -0.124. The Kier molecular flexibility index (Phi) is 6.98. The van der Waals surface area contributed by atoms with E-state index in [2.05, 4.69) is 30.5 Å². The SMILES string of the molecule is CC[C@H](C)[C@@H](NC(=O)c1ccccc1)C(=O)N[C@H](C)c1cc(C)sc1C. The van der Waals surface area contributed by atoms with Gasteiger partial charge in [-0.2, -0.15) is 0 Å². The van der Waals surface area contributed by atoms with Gasteiger partial charge >= 0.3 is 0 Å². The normalized spacial score (nSPS) is 14.3. The molecule has 0 bridgehead atoms. The third-order valence-electron chi connectivity index (χ3n) is 4.72. The number of hydrogen-bond donors (Lipinski definition) is 2. The Hall–Kier alpha value is -2.14. The molecule has 140 valence electrons. The smallest absolute Gasteiger partial charge is 0.251 e. The van der Waals surface area contributed by atoms with Crippen molar-refractivity contribution in [1.82, 2.24) is 10.6 Å². The molecule has 1 aromatic heterocycles. The molecule has 1 heterocycles. The predicted molar refractivity (Wildman–Crippen MR) is 108 cm³/mol. The molecule has 0 aliphatic heterocycles. The largest absolute Gasteiger partial charge is 0.348 e. The van der Waals surface area contributed by atoms with Crippen molar-refractivity contribution in [3.63, 3.8) is 0 Å². The predicted octanol–water partition coefficient (Wildman–Crippen LogP) is 4.39. The van der Waals surface area contributed by atoms with Gasteiger partial charge in [-0.1, -0.05) is 38.5 Å². The average molecular weight is 373 g/mol. The third kappa shape index (κ3) is 4.94. The Morgan fingerprint density at radius 2 is 1.73 bits per heavy atom. The van der Waals surface area contributed by atoms with E-state index in [-0.39, 0.29) is 23.8 Å². The molecule has 0 fully saturated rings. The summed E-state index contributed by atoms with van der Waals surface area (Å²) in [5.74, 6) is -0.319. The van der Waals surface area contributed by atoms with Crippen LogP contribution in [0.25, 0.3) is 0 Å². The maximum absolute atomic E-state index is 12.9. The molecule has 0 spiro atoms. The van der Waals surface area contributed by atoms with Gasteiger partial charge in [-0.15, -0.1) is 11.3 Å². The van der Waals surface area contributed by atoms with Crippen molar-refractivity contribution in [1.29, 1.82) is 0 Å². The second kappa shape index (κ2) is 8.99. The van der Waals surface area contributed by atoms with E-state index in [0.29, 0.717) is 5.56 Å². The Morgan fingerprint density at radius 3 is 2.27 bits per heavy atom. The monoisotopic (exact) mass is 372 g/mol. The van der Waals surface area contributed by atoms with Crippen LogP contribution in [0.15, 0.2) is 36.4 Å². The molecule has 0 radical (unpaired) electrons. The van der Waals surface area contributed by atoms with E-state index in [1.807, 2.05) is 39.0 Å². The van der Waals surface area contributed by atoms with Gasteiger partial charge in [0.15, 0.2) is 0 Å². The van der Waals surface area contributed by atoms with Gasteiger partial charge in [0.1, 0.15) is 6.04 Å². The van der Waals surface area contributed by atoms with E-state index < -0.39 is 6.04 Å². The van der Waals surface area contributed by atoms with Crippen LogP contribution < -0.4 is 10.6 Å². The zero-order valence-electron chi connectivity index (χ0n) is 16.1. The maximum atomic E-state index is 12.9. The van der Waals surface area contributed by atoms with Crippen LogP contribution in [0.3, 0.4) is 0 Å². The lowest BCUT2D eigenvalue weighted by Gasteiger charge is -2.25. The van der Waals surface area contributed by atoms with Crippen molar-refractivity contribution in [3.05, 3.63) is 57.3 Å². The quantitative estimate of drug-likeness (QED) is 0.757. The molecule has 0 unspecified atom stereocenters. The van der Waals surface area contributed by atoms with Gasteiger partial charge in [0.2, 0.25) is 5.91 Å². The number of thiophene rings is 1. The molecule has 5 heteroatoms. The van der Waals surface area contributed by atoms with Crippen molar-refractivity contribution in [2.75, 3.05) is 0 Å². The molecule has 0 aliphatic rings. The van der Waals surface area contributed by atoms with Gasteiger partial charge in [-0.25, -0.2) is 0 Å². The first kappa shape index (κ1) is 20.2. The summed E-state index contributed by atoms with van der Waals surface area (Å²) in [6, 6.07) is 10.5. The molecule has 2 rings (SSSR count). The minimum absolute atomic E-state index is 0.0418. The zero-order valence-corrected chi connectivity index (χ0v) is 16.9. The van der Waals surface area contributed by atoms with Crippen LogP contribution in [-0.4, -0.2) is 17.9 Å². The van der Waals surface area contributed by atoms with Crippen molar-refractivity contribution < 1.29 is 9.59 Å². The Balaban J connectivity index is 2.11. The highest BCUT2D eigenvalue weighted by Gasteiger charge is 2.27.